The van der Waals surface area contributed by atoms with E-state index in [1.807, 2.05) is 25.1 Å². The Morgan fingerprint density at radius 1 is 1.30 bits per heavy atom. The van der Waals surface area contributed by atoms with Gasteiger partial charge in [-0.25, -0.2) is 0 Å². The lowest BCUT2D eigenvalue weighted by Crippen LogP contribution is -2.35. The van der Waals surface area contributed by atoms with Crippen molar-refractivity contribution in [3.05, 3.63) is 28.8 Å². The van der Waals surface area contributed by atoms with E-state index in [2.05, 4.69) is 32.2 Å². The first-order chi connectivity index (χ1) is 9.37. The average Bonchev–Trinajstić information content (AvgIpc) is 2.36. The van der Waals surface area contributed by atoms with Crippen LogP contribution in [0, 0.1) is 0 Å². The molecule has 0 heterocycles. The molecule has 1 aromatic carbocycles. The smallest absolute Gasteiger partial charge is 0.179 e. The number of nitrogens with one attached hydrogen (secondary N) is 1. The van der Waals surface area contributed by atoms with Gasteiger partial charge in [-0.15, -0.1) is 0 Å². The molecule has 0 fully saturated rings. The summed E-state index contributed by atoms with van der Waals surface area (Å²) < 4.78 is 10.8. The Labute approximate surface area is 126 Å². The molecule has 0 aliphatic carbocycles. The number of ether oxygens (including phenoxy) is 2. The van der Waals surface area contributed by atoms with Gasteiger partial charge < -0.3 is 14.8 Å². The molecule has 0 saturated heterocycles. The molecule has 0 aliphatic rings. The monoisotopic (exact) mass is 297 g/mol. The molecule has 4 heteroatoms. The predicted octanol–water partition coefficient (Wildman–Crippen LogP) is 4.15. The number of methoxy groups -OCH3 is 1. The lowest BCUT2D eigenvalue weighted by molar-refractivity contribution is 0.311. The number of rotatable bonds is 6. The van der Waals surface area contributed by atoms with Gasteiger partial charge in [-0.1, -0.05) is 23.8 Å². The average molecular weight is 298 g/mol. The summed E-state index contributed by atoms with van der Waals surface area (Å²) in [7, 11) is 1.61. The standard InChI is InChI=1S/C16H24ClNO2/c1-6-20-15-13(17)10-12(11-14(15)19-5)8-7-9-18-16(2,3)4/h7-8,10-11,18H,6,9H2,1-5H3. The third-order valence-electron chi connectivity index (χ3n) is 2.60. The lowest BCUT2D eigenvalue weighted by Gasteiger charge is -2.18. The predicted molar refractivity (Wildman–Crippen MR) is 86.0 cm³/mol. The summed E-state index contributed by atoms with van der Waals surface area (Å²) in [6.07, 6.45) is 4.08. The fraction of sp³-hybridized carbons (Fsp3) is 0.500. The van der Waals surface area contributed by atoms with Crippen molar-refractivity contribution in [2.45, 2.75) is 33.2 Å². The maximum Gasteiger partial charge on any atom is 0.179 e. The molecule has 1 N–H and O–H groups in total. The van der Waals surface area contributed by atoms with E-state index in [-0.39, 0.29) is 5.54 Å². The highest BCUT2D eigenvalue weighted by molar-refractivity contribution is 6.32. The van der Waals surface area contributed by atoms with E-state index >= 15 is 0 Å². The van der Waals surface area contributed by atoms with E-state index in [4.69, 9.17) is 21.1 Å². The van der Waals surface area contributed by atoms with Crippen LogP contribution in [0.15, 0.2) is 18.2 Å². The number of halogens is 1. The van der Waals surface area contributed by atoms with Crippen LogP contribution in [-0.4, -0.2) is 25.8 Å². The molecule has 0 bridgehead atoms. The zero-order chi connectivity index (χ0) is 15.2. The summed E-state index contributed by atoms with van der Waals surface area (Å²) in [5.41, 5.74) is 1.10. The number of benzene rings is 1. The summed E-state index contributed by atoms with van der Waals surface area (Å²) in [4.78, 5) is 0. The van der Waals surface area contributed by atoms with Crippen LogP contribution in [0.2, 0.25) is 5.02 Å². The molecular formula is C16H24ClNO2. The molecule has 0 spiro atoms. The van der Waals surface area contributed by atoms with Crippen LogP contribution in [0.1, 0.15) is 33.3 Å². The molecule has 1 aromatic rings. The first-order valence-electron chi connectivity index (χ1n) is 6.79. The van der Waals surface area contributed by atoms with Crippen molar-refractivity contribution < 1.29 is 9.47 Å². The molecule has 0 aromatic heterocycles. The van der Waals surface area contributed by atoms with Gasteiger partial charge in [0.25, 0.3) is 0 Å². The lowest BCUT2D eigenvalue weighted by atomic mass is 10.1. The Morgan fingerprint density at radius 3 is 2.55 bits per heavy atom. The van der Waals surface area contributed by atoms with Crippen molar-refractivity contribution >= 4 is 17.7 Å². The maximum absolute atomic E-state index is 6.22. The minimum absolute atomic E-state index is 0.110. The molecule has 0 unspecified atom stereocenters. The van der Waals surface area contributed by atoms with Crippen LogP contribution in [0.25, 0.3) is 6.08 Å². The number of hydrogen-bond acceptors (Lipinski definition) is 3. The fourth-order valence-corrected chi connectivity index (χ4v) is 1.95. The van der Waals surface area contributed by atoms with E-state index in [0.717, 1.165) is 12.1 Å². The van der Waals surface area contributed by atoms with Crippen molar-refractivity contribution in [3.8, 4) is 11.5 Å². The summed E-state index contributed by atoms with van der Waals surface area (Å²) >= 11 is 6.22. The van der Waals surface area contributed by atoms with E-state index in [9.17, 15) is 0 Å². The van der Waals surface area contributed by atoms with Gasteiger partial charge in [-0.3, -0.25) is 0 Å². The van der Waals surface area contributed by atoms with Gasteiger partial charge in [0, 0.05) is 12.1 Å². The van der Waals surface area contributed by atoms with Gasteiger partial charge in [-0.2, -0.15) is 0 Å². The molecule has 3 nitrogen and oxygen atoms in total. The van der Waals surface area contributed by atoms with Gasteiger partial charge in [-0.05, 0) is 45.4 Å². The van der Waals surface area contributed by atoms with E-state index in [0.29, 0.717) is 23.1 Å². The third kappa shape index (κ3) is 5.43. The molecule has 0 atom stereocenters. The minimum Gasteiger partial charge on any atom is -0.493 e. The van der Waals surface area contributed by atoms with Crippen molar-refractivity contribution in [1.82, 2.24) is 5.32 Å². The maximum atomic E-state index is 6.22. The Kier molecular flexibility index (Phi) is 6.37. The molecule has 0 aliphatic heterocycles. The van der Waals surface area contributed by atoms with E-state index in [1.54, 1.807) is 7.11 Å². The Balaban J connectivity index is 2.81. The van der Waals surface area contributed by atoms with Crippen molar-refractivity contribution in [1.29, 1.82) is 0 Å². The van der Waals surface area contributed by atoms with Crippen LogP contribution in [0.5, 0.6) is 11.5 Å². The summed E-state index contributed by atoms with van der Waals surface area (Å²) in [5.74, 6) is 1.25. The van der Waals surface area contributed by atoms with E-state index < -0.39 is 0 Å². The fourth-order valence-electron chi connectivity index (χ4n) is 1.68. The number of hydrogen-bond donors (Lipinski definition) is 1. The first-order valence-corrected chi connectivity index (χ1v) is 7.17. The summed E-state index contributed by atoms with van der Waals surface area (Å²) in [6, 6.07) is 3.80. The van der Waals surface area contributed by atoms with Crippen LogP contribution < -0.4 is 14.8 Å². The highest BCUT2D eigenvalue weighted by atomic mass is 35.5. The van der Waals surface area contributed by atoms with E-state index in [1.165, 1.54) is 0 Å². The zero-order valence-corrected chi connectivity index (χ0v) is 13.7. The molecule has 20 heavy (non-hydrogen) atoms. The molecule has 112 valence electrons. The second-order valence-corrected chi connectivity index (χ2v) is 5.91. The first kappa shape index (κ1) is 16.9. The van der Waals surface area contributed by atoms with Gasteiger partial charge in [0.2, 0.25) is 0 Å². The Bertz CT molecular complexity index is 464. The van der Waals surface area contributed by atoms with Gasteiger partial charge >= 0.3 is 0 Å². The van der Waals surface area contributed by atoms with Crippen LogP contribution in [0.4, 0.5) is 0 Å². The summed E-state index contributed by atoms with van der Waals surface area (Å²) in [5, 5.41) is 3.96. The van der Waals surface area contributed by atoms with Crippen molar-refractivity contribution in [3.63, 3.8) is 0 Å². The SMILES string of the molecule is CCOc1c(Cl)cc(C=CCNC(C)(C)C)cc1OC. The molecule has 0 radical (unpaired) electrons. The normalized spacial score (nSPS) is 11.9. The second kappa shape index (κ2) is 7.55. The Morgan fingerprint density at radius 2 is 2.00 bits per heavy atom. The highest BCUT2D eigenvalue weighted by Gasteiger charge is 2.10. The van der Waals surface area contributed by atoms with Gasteiger partial charge in [0.1, 0.15) is 0 Å². The van der Waals surface area contributed by atoms with Crippen molar-refractivity contribution in [2.75, 3.05) is 20.3 Å². The van der Waals surface area contributed by atoms with Crippen LogP contribution in [-0.2, 0) is 0 Å². The minimum atomic E-state index is 0.110. The van der Waals surface area contributed by atoms with Crippen LogP contribution >= 0.6 is 11.6 Å². The second-order valence-electron chi connectivity index (χ2n) is 5.50. The quantitative estimate of drug-likeness (QED) is 0.855. The molecule has 1 rings (SSSR count). The zero-order valence-electron chi connectivity index (χ0n) is 12.9. The van der Waals surface area contributed by atoms with Crippen LogP contribution in [0.3, 0.4) is 0 Å². The Hall–Kier alpha value is -1.19. The largest absolute Gasteiger partial charge is 0.493 e. The molecule has 0 amide bonds. The van der Waals surface area contributed by atoms with Gasteiger partial charge in [0.15, 0.2) is 11.5 Å². The summed E-state index contributed by atoms with van der Waals surface area (Å²) in [6.45, 7) is 9.69. The highest BCUT2D eigenvalue weighted by Crippen LogP contribution is 2.36. The van der Waals surface area contributed by atoms with Crippen molar-refractivity contribution in [2.24, 2.45) is 0 Å². The molecular weight excluding hydrogens is 274 g/mol. The van der Waals surface area contributed by atoms with Gasteiger partial charge in [0.05, 0.1) is 18.7 Å². The molecule has 0 saturated carbocycles. The topological polar surface area (TPSA) is 30.5 Å². The third-order valence-corrected chi connectivity index (χ3v) is 2.88.